The largest absolute Gasteiger partial charge is 0.310 e. The van der Waals surface area contributed by atoms with Gasteiger partial charge in [-0.3, -0.25) is 0 Å². The predicted octanol–water partition coefficient (Wildman–Crippen LogP) is 14.4. The Morgan fingerprint density at radius 3 is 1.54 bits per heavy atom. The predicted molar refractivity (Wildman–Crippen MR) is 222 cm³/mol. The standard InChI is InChI=1S/C51H41N/c1-3-51(4-2)49-31-30-44(35-48(49)47-33-40-20-11-12-21-41(40)34-50(47)51)52(43-23-15-22-39(32-43)36-16-7-5-8-17-36)42-28-26-38(27-29-42)46-25-14-13-24-45(46)37-18-9-6-10-19-37/h5-35H,3-4H2,1-2H3. The molecule has 9 rings (SSSR count). The van der Waals surface area contributed by atoms with Gasteiger partial charge in [-0.1, -0.05) is 153 Å². The summed E-state index contributed by atoms with van der Waals surface area (Å²) < 4.78 is 0. The second kappa shape index (κ2) is 13.2. The van der Waals surface area contributed by atoms with Crippen molar-refractivity contribution >= 4 is 27.8 Å². The van der Waals surface area contributed by atoms with Crippen LogP contribution in [0.3, 0.4) is 0 Å². The Morgan fingerprint density at radius 1 is 0.346 bits per heavy atom. The number of hydrogen-bond acceptors (Lipinski definition) is 1. The van der Waals surface area contributed by atoms with E-state index in [1.54, 1.807) is 0 Å². The molecule has 0 bridgehead atoms. The molecule has 0 fully saturated rings. The average molecular weight is 668 g/mol. The van der Waals surface area contributed by atoms with E-state index in [4.69, 9.17) is 0 Å². The highest BCUT2D eigenvalue weighted by Gasteiger charge is 2.41. The lowest BCUT2D eigenvalue weighted by atomic mass is 9.73. The molecule has 8 aromatic rings. The molecule has 1 heteroatoms. The molecule has 0 aliphatic heterocycles. The second-order valence-electron chi connectivity index (χ2n) is 14.0. The Bertz CT molecular complexity index is 2530. The second-order valence-corrected chi connectivity index (χ2v) is 14.0. The third-order valence-corrected chi connectivity index (χ3v) is 11.3. The van der Waals surface area contributed by atoms with Crippen molar-refractivity contribution in [1.82, 2.24) is 0 Å². The summed E-state index contributed by atoms with van der Waals surface area (Å²) in [6.45, 7) is 4.70. The summed E-state index contributed by atoms with van der Waals surface area (Å²) in [5.41, 5.74) is 16.3. The Labute approximate surface area is 307 Å². The van der Waals surface area contributed by atoms with Crippen molar-refractivity contribution < 1.29 is 0 Å². The molecule has 0 aromatic heterocycles. The minimum atomic E-state index is -0.000916. The van der Waals surface area contributed by atoms with E-state index in [9.17, 15) is 0 Å². The van der Waals surface area contributed by atoms with Crippen molar-refractivity contribution in [3.05, 3.63) is 199 Å². The van der Waals surface area contributed by atoms with E-state index < -0.39 is 0 Å². The van der Waals surface area contributed by atoms with E-state index in [-0.39, 0.29) is 5.41 Å². The number of nitrogens with zero attached hydrogens (tertiary/aromatic N) is 1. The van der Waals surface area contributed by atoms with Crippen molar-refractivity contribution in [2.24, 2.45) is 0 Å². The highest BCUT2D eigenvalue weighted by molar-refractivity contribution is 5.95. The molecular formula is C51H41N. The van der Waals surface area contributed by atoms with Crippen LogP contribution in [0.2, 0.25) is 0 Å². The lowest BCUT2D eigenvalue weighted by Crippen LogP contribution is -2.23. The molecule has 1 aliphatic carbocycles. The van der Waals surface area contributed by atoms with Gasteiger partial charge in [0.1, 0.15) is 0 Å². The van der Waals surface area contributed by atoms with Gasteiger partial charge in [0.15, 0.2) is 0 Å². The molecule has 8 aromatic carbocycles. The quantitative estimate of drug-likeness (QED) is 0.156. The first-order valence-corrected chi connectivity index (χ1v) is 18.6. The van der Waals surface area contributed by atoms with Crippen LogP contribution in [0.15, 0.2) is 188 Å². The van der Waals surface area contributed by atoms with Crippen LogP contribution in [0.1, 0.15) is 37.8 Å². The van der Waals surface area contributed by atoms with Gasteiger partial charge in [0.2, 0.25) is 0 Å². The van der Waals surface area contributed by atoms with Crippen LogP contribution < -0.4 is 4.90 Å². The van der Waals surface area contributed by atoms with Crippen LogP contribution in [-0.2, 0) is 5.41 Å². The maximum absolute atomic E-state index is 2.46. The van der Waals surface area contributed by atoms with Crippen LogP contribution in [0.5, 0.6) is 0 Å². The summed E-state index contributed by atoms with van der Waals surface area (Å²) >= 11 is 0. The number of rotatable bonds is 8. The van der Waals surface area contributed by atoms with Crippen LogP contribution >= 0.6 is 0 Å². The first-order chi connectivity index (χ1) is 25.7. The van der Waals surface area contributed by atoms with Gasteiger partial charge >= 0.3 is 0 Å². The van der Waals surface area contributed by atoms with E-state index in [1.807, 2.05) is 0 Å². The molecule has 250 valence electrons. The molecule has 1 nitrogen and oxygen atoms in total. The summed E-state index contributed by atoms with van der Waals surface area (Å²) in [5, 5.41) is 2.60. The molecule has 0 saturated carbocycles. The Morgan fingerprint density at radius 2 is 0.865 bits per heavy atom. The minimum Gasteiger partial charge on any atom is -0.310 e. The van der Waals surface area contributed by atoms with E-state index in [0.29, 0.717) is 0 Å². The van der Waals surface area contributed by atoms with Crippen molar-refractivity contribution in [3.63, 3.8) is 0 Å². The zero-order chi connectivity index (χ0) is 35.1. The molecular weight excluding hydrogens is 627 g/mol. The van der Waals surface area contributed by atoms with Gasteiger partial charge in [0, 0.05) is 22.5 Å². The van der Waals surface area contributed by atoms with Crippen molar-refractivity contribution in [3.8, 4) is 44.5 Å². The Hall–Kier alpha value is -6.18. The van der Waals surface area contributed by atoms with Crippen LogP contribution in [0.4, 0.5) is 17.1 Å². The topological polar surface area (TPSA) is 3.24 Å². The minimum absolute atomic E-state index is 0.000916. The maximum Gasteiger partial charge on any atom is 0.0468 e. The highest BCUT2D eigenvalue weighted by atomic mass is 15.1. The summed E-state index contributed by atoms with van der Waals surface area (Å²) in [5.74, 6) is 0. The van der Waals surface area contributed by atoms with E-state index in [0.717, 1.165) is 29.9 Å². The van der Waals surface area contributed by atoms with Gasteiger partial charge in [-0.25, -0.2) is 0 Å². The Kier molecular flexibility index (Phi) is 8.05. The molecule has 0 spiro atoms. The molecule has 0 radical (unpaired) electrons. The molecule has 0 unspecified atom stereocenters. The summed E-state index contributed by atoms with van der Waals surface area (Å²) in [7, 11) is 0. The summed E-state index contributed by atoms with van der Waals surface area (Å²) in [6, 6.07) is 69.0. The van der Waals surface area contributed by atoms with Gasteiger partial charge in [-0.05, 0) is 128 Å². The first kappa shape index (κ1) is 31.8. The number of anilines is 3. The number of benzene rings is 8. The third kappa shape index (κ3) is 5.33. The van der Waals surface area contributed by atoms with Gasteiger partial charge < -0.3 is 4.90 Å². The fourth-order valence-electron chi connectivity index (χ4n) is 8.62. The van der Waals surface area contributed by atoms with Crippen LogP contribution in [0.25, 0.3) is 55.3 Å². The zero-order valence-corrected chi connectivity index (χ0v) is 29.8. The van der Waals surface area contributed by atoms with E-state index in [2.05, 4.69) is 207 Å². The summed E-state index contributed by atoms with van der Waals surface area (Å²) in [4.78, 5) is 2.43. The summed E-state index contributed by atoms with van der Waals surface area (Å²) in [6.07, 6.45) is 2.13. The molecule has 0 amide bonds. The maximum atomic E-state index is 2.46. The van der Waals surface area contributed by atoms with Gasteiger partial charge in [-0.15, -0.1) is 0 Å². The molecule has 0 saturated heterocycles. The Balaban J connectivity index is 1.21. The first-order valence-electron chi connectivity index (χ1n) is 18.6. The highest BCUT2D eigenvalue weighted by Crippen LogP contribution is 2.55. The lowest BCUT2D eigenvalue weighted by Gasteiger charge is -2.31. The van der Waals surface area contributed by atoms with Gasteiger partial charge in [0.25, 0.3) is 0 Å². The van der Waals surface area contributed by atoms with Crippen molar-refractivity contribution in [2.45, 2.75) is 32.1 Å². The van der Waals surface area contributed by atoms with Gasteiger partial charge in [-0.2, -0.15) is 0 Å². The normalized spacial score (nSPS) is 12.7. The fraction of sp³-hybridized carbons (Fsp3) is 0.0980. The van der Waals surface area contributed by atoms with Crippen molar-refractivity contribution in [1.29, 1.82) is 0 Å². The smallest absolute Gasteiger partial charge is 0.0468 e. The number of fused-ring (bicyclic) bond motifs is 4. The zero-order valence-electron chi connectivity index (χ0n) is 29.8. The number of hydrogen-bond donors (Lipinski definition) is 0. The lowest BCUT2D eigenvalue weighted by molar-refractivity contribution is 0.491. The van der Waals surface area contributed by atoms with Crippen LogP contribution in [0, 0.1) is 0 Å². The molecule has 0 heterocycles. The molecule has 52 heavy (non-hydrogen) atoms. The molecule has 0 atom stereocenters. The fourth-order valence-corrected chi connectivity index (χ4v) is 8.62. The average Bonchev–Trinajstić information content (AvgIpc) is 3.49. The molecule has 0 N–H and O–H groups in total. The van der Waals surface area contributed by atoms with E-state index >= 15 is 0 Å². The van der Waals surface area contributed by atoms with Crippen LogP contribution in [-0.4, -0.2) is 0 Å². The molecule has 1 aliphatic rings. The van der Waals surface area contributed by atoms with E-state index in [1.165, 1.54) is 66.4 Å². The van der Waals surface area contributed by atoms with Gasteiger partial charge in [0.05, 0.1) is 0 Å². The SMILES string of the molecule is CCC1(CC)c2ccc(N(c3ccc(-c4ccccc4-c4ccccc4)cc3)c3cccc(-c4ccccc4)c3)cc2-c2cc3ccccc3cc21. The van der Waals surface area contributed by atoms with Crippen molar-refractivity contribution in [2.75, 3.05) is 4.90 Å². The monoisotopic (exact) mass is 667 g/mol. The third-order valence-electron chi connectivity index (χ3n) is 11.3.